The van der Waals surface area contributed by atoms with Crippen molar-refractivity contribution >= 4 is 63.8 Å². The van der Waals surface area contributed by atoms with Crippen molar-refractivity contribution in [2.24, 2.45) is 0 Å². The maximum atomic E-state index is 12.8. The molecule has 1 heterocycles. The summed E-state index contributed by atoms with van der Waals surface area (Å²) in [7, 11) is 0. The molecular formula is C25H17ClN2O5S2. The number of carboxylic acid groups (broad SMARTS) is 1. The number of hydrazine groups is 1. The van der Waals surface area contributed by atoms with Crippen LogP contribution in [0.4, 0.5) is 0 Å². The normalized spacial score (nSPS) is 14.3. The van der Waals surface area contributed by atoms with Gasteiger partial charge in [0.2, 0.25) is 0 Å². The Morgan fingerprint density at radius 3 is 2.46 bits per heavy atom. The third kappa shape index (κ3) is 5.71. The number of nitrogens with zero attached hydrogens (tertiary/aromatic N) is 1. The van der Waals surface area contributed by atoms with E-state index in [1.807, 2.05) is 18.2 Å². The largest absolute Gasteiger partial charge is 0.489 e. The Labute approximate surface area is 215 Å². The second kappa shape index (κ2) is 10.7. The van der Waals surface area contributed by atoms with Crippen LogP contribution in [0, 0.1) is 0 Å². The van der Waals surface area contributed by atoms with Crippen molar-refractivity contribution in [2.45, 2.75) is 6.61 Å². The van der Waals surface area contributed by atoms with Gasteiger partial charge in [-0.25, -0.2) is 4.79 Å². The molecule has 0 radical (unpaired) electrons. The summed E-state index contributed by atoms with van der Waals surface area (Å²) in [5, 5.41) is 10.9. The van der Waals surface area contributed by atoms with Crippen LogP contribution in [0.2, 0.25) is 5.02 Å². The highest BCUT2D eigenvalue weighted by atomic mass is 35.5. The molecule has 0 spiro atoms. The fourth-order valence-corrected chi connectivity index (χ4v) is 4.53. The van der Waals surface area contributed by atoms with Crippen molar-refractivity contribution in [2.75, 3.05) is 0 Å². The molecule has 1 fully saturated rings. The number of nitrogens with one attached hydrogen (secondary N) is 1. The smallest absolute Gasteiger partial charge is 0.336 e. The first-order chi connectivity index (χ1) is 16.8. The highest BCUT2D eigenvalue weighted by Gasteiger charge is 2.34. The topological polar surface area (TPSA) is 95.9 Å². The van der Waals surface area contributed by atoms with Crippen LogP contribution in [0.15, 0.2) is 77.7 Å². The summed E-state index contributed by atoms with van der Waals surface area (Å²) in [5.41, 5.74) is 4.05. The second-order valence-corrected chi connectivity index (χ2v) is 9.34. The van der Waals surface area contributed by atoms with Gasteiger partial charge in [0.25, 0.3) is 11.8 Å². The first-order valence-corrected chi connectivity index (χ1v) is 11.8. The van der Waals surface area contributed by atoms with Gasteiger partial charge >= 0.3 is 5.97 Å². The summed E-state index contributed by atoms with van der Waals surface area (Å²) >= 11 is 12.3. The first-order valence-electron chi connectivity index (χ1n) is 10.2. The lowest BCUT2D eigenvalue weighted by atomic mass is 10.1. The Kier molecular flexibility index (Phi) is 7.50. The van der Waals surface area contributed by atoms with E-state index in [2.05, 4.69) is 5.43 Å². The third-order valence-corrected chi connectivity index (χ3v) is 6.62. The molecule has 0 unspecified atom stereocenters. The molecular weight excluding hydrogens is 508 g/mol. The van der Waals surface area contributed by atoms with Crippen molar-refractivity contribution in [3.8, 4) is 5.75 Å². The molecule has 1 saturated heterocycles. The number of carboxylic acids is 1. The van der Waals surface area contributed by atoms with Gasteiger partial charge < -0.3 is 9.84 Å². The van der Waals surface area contributed by atoms with Gasteiger partial charge in [0.05, 0.1) is 10.5 Å². The average molecular weight is 525 g/mol. The molecule has 0 saturated carbocycles. The Bertz CT molecular complexity index is 1360. The van der Waals surface area contributed by atoms with Crippen LogP contribution in [-0.4, -0.2) is 32.2 Å². The number of hydrogen-bond acceptors (Lipinski definition) is 6. The van der Waals surface area contributed by atoms with E-state index < -0.39 is 17.8 Å². The Morgan fingerprint density at radius 1 is 1.06 bits per heavy atom. The number of thioether (sulfide) groups is 1. The van der Waals surface area contributed by atoms with Crippen LogP contribution >= 0.6 is 35.6 Å². The number of benzene rings is 3. The second-order valence-electron chi connectivity index (χ2n) is 7.25. The van der Waals surface area contributed by atoms with Crippen molar-refractivity contribution in [3.05, 3.63) is 105 Å². The SMILES string of the molecule is O=C(NN1C(=O)/C(=C\c2ccccc2C(=O)O)SC1=S)c1ccc(OCc2ccccc2Cl)cc1. The zero-order valence-corrected chi connectivity index (χ0v) is 20.3. The van der Waals surface area contributed by atoms with E-state index in [0.29, 0.717) is 21.9 Å². The van der Waals surface area contributed by atoms with Gasteiger partial charge in [-0.05, 0) is 60.3 Å². The molecule has 0 aliphatic carbocycles. The maximum absolute atomic E-state index is 12.8. The maximum Gasteiger partial charge on any atom is 0.336 e. The molecule has 10 heteroatoms. The molecule has 176 valence electrons. The Hall–Kier alpha value is -3.66. The summed E-state index contributed by atoms with van der Waals surface area (Å²) in [4.78, 5) is 37.2. The highest BCUT2D eigenvalue weighted by Crippen LogP contribution is 2.32. The van der Waals surface area contributed by atoms with Gasteiger partial charge in [-0.1, -0.05) is 59.8 Å². The van der Waals surface area contributed by atoms with Gasteiger partial charge in [-0.15, -0.1) is 0 Å². The molecule has 0 bridgehead atoms. The molecule has 2 N–H and O–H groups in total. The van der Waals surface area contributed by atoms with Gasteiger partial charge in [-0.3, -0.25) is 15.0 Å². The van der Waals surface area contributed by atoms with Crippen molar-refractivity contribution in [1.29, 1.82) is 0 Å². The Balaban J connectivity index is 1.41. The lowest BCUT2D eigenvalue weighted by Crippen LogP contribution is -2.44. The number of thiocarbonyl (C=S) groups is 1. The quantitative estimate of drug-likeness (QED) is 0.325. The summed E-state index contributed by atoms with van der Waals surface area (Å²) in [5.74, 6) is -1.65. The van der Waals surface area contributed by atoms with E-state index in [9.17, 15) is 19.5 Å². The summed E-state index contributed by atoms with van der Waals surface area (Å²) < 4.78 is 5.85. The first kappa shape index (κ1) is 24.5. The lowest BCUT2D eigenvalue weighted by molar-refractivity contribution is -0.123. The minimum atomic E-state index is -1.11. The monoisotopic (exact) mass is 524 g/mol. The molecule has 4 rings (SSSR count). The van der Waals surface area contributed by atoms with E-state index in [0.717, 1.165) is 22.3 Å². The molecule has 3 aromatic rings. The van der Waals surface area contributed by atoms with Crippen LogP contribution in [0.3, 0.4) is 0 Å². The van der Waals surface area contributed by atoms with Gasteiger partial charge in [0.1, 0.15) is 12.4 Å². The van der Waals surface area contributed by atoms with Crippen LogP contribution in [-0.2, 0) is 11.4 Å². The number of carbonyl (C=O) groups is 3. The van der Waals surface area contributed by atoms with Crippen molar-refractivity contribution < 1.29 is 24.2 Å². The van der Waals surface area contributed by atoms with Crippen LogP contribution in [0.25, 0.3) is 6.08 Å². The van der Waals surface area contributed by atoms with E-state index in [4.69, 9.17) is 28.6 Å². The van der Waals surface area contributed by atoms with Crippen LogP contribution in [0.1, 0.15) is 31.8 Å². The van der Waals surface area contributed by atoms with E-state index in [1.54, 1.807) is 48.5 Å². The fraction of sp³-hybridized carbons (Fsp3) is 0.0400. The van der Waals surface area contributed by atoms with E-state index in [1.165, 1.54) is 12.1 Å². The number of carbonyl (C=O) groups excluding carboxylic acids is 2. The molecule has 7 nitrogen and oxygen atoms in total. The minimum Gasteiger partial charge on any atom is -0.489 e. The van der Waals surface area contributed by atoms with Gasteiger partial charge in [0.15, 0.2) is 4.32 Å². The predicted octanol–water partition coefficient (Wildman–Crippen LogP) is 5.16. The number of halogens is 1. The molecule has 0 atom stereocenters. The fourth-order valence-electron chi connectivity index (χ4n) is 3.17. The molecule has 3 aromatic carbocycles. The van der Waals surface area contributed by atoms with Crippen LogP contribution in [0.5, 0.6) is 5.75 Å². The number of amides is 2. The predicted molar refractivity (Wildman–Crippen MR) is 138 cm³/mol. The molecule has 1 aliphatic rings. The van der Waals surface area contributed by atoms with Gasteiger partial charge in [0, 0.05) is 16.1 Å². The van der Waals surface area contributed by atoms with E-state index >= 15 is 0 Å². The number of hydrogen-bond donors (Lipinski definition) is 2. The van der Waals surface area contributed by atoms with E-state index in [-0.39, 0.29) is 21.4 Å². The van der Waals surface area contributed by atoms with Crippen LogP contribution < -0.4 is 10.2 Å². The number of aromatic carboxylic acids is 1. The molecule has 0 aromatic heterocycles. The third-order valence-electron chi connectivity index (χ3n) is 4.95. The van der Waals surface area contributed by atoms with Gasteiger partial charge in [-0.2, -0.15) is 5.01 Å². The zero-order valence-electron chi connectivity index (χ0n) is 17.9. The standard InChI is InChI=1S/C25H17ClN2O5S2/c26-20-8-4-2-6-17(20)14-33-18-11-9-15(10-12-18)22(29)27-28-23(30)21(35-25(28)34)13-16-5-1-3-7-19(16)24(31)32/h1-13H,14H2,(H,27,29)(H,31,32)/b21-13+. The molecule has 35 heavy (non-hydrogen) atoms. The summed E-state index contributed by atoms with van der Waals surface area (Å²) in [6.07, 6.45) is 1.44. The lowest BCUT2D eigenvalue weighted by Gasteiger charge is -2.16. The average Bonchev–Trinajstić information content (AvgIpc) is 3.11. The zero-order chi connectivity index (χ0) is 24.9. The van der Waals surface area contributed by atoms with Crippen molar-refractivity contribution in [3.63, 3.8) is 0 Å². The summed E-state index contributed by atoms with van der Waals surface area (Å²) in [6.45, 7) is 0.277. The summed E-state index contributed by atoms with van der Waals surface area (Å²) in [6, 6.07) is 20.0. The Morgan fingerprint density at radius 2 is 1.74 bits per heavy atom. The van der Waals surface area contributed by atoms with Crippen molar-refractivity contribution in [1.82, 2.24) is 10.4 Å². The molecule has 2 amide bonds. The minimum absolute atomic E-state index is 0.0543. The molecule has 1 aliphatic heterocycles. The highest BCUT2D eigenvalue weighted by molar-refractivity contribution is 8.26. The number of rotatable bonds is 7. The number of ether oxygens (including phenoxy) is 1.